The molecule has 1 aromatic carbocycles. The Bertz CT molecular complexity index is 922. The van der Waals surface area contributed by atoms with Crippen LogP contribution in [0, 0.1) is 5.41 Å². The fourth-order valence-corrected chi connectivity index (χ4v) is 4.36. The molecule has 1 fully saturated rings. The molecule has 9 heteroatoms. The Morgan fingerprint density at radius 1 is 1.32 bits per heavy atom. The summed E-state index contributed by atoms with van der Waals surface area (Å²) < 4.78 is 0. The molecule has 0 unspecified atom stereocenters. The number of benzene rings is 1. The number of likely N-dealkylation sites (tertiary alicyclic amines) is 1. The average molecular weight is 447 g/mol. The standard InChI is InChI=1S/C22H30N4O4S/c1-22(2,3)19(23)21(30)26-10-15(28)8-17(26)20(29)24-9-13-4-6-14(7-5-13)18-16(11-27)25-12-31-18/h4-7,12,15,17,19,27-28H,8-11,23H2,1-3H3,(H,24,29)/t15-,17+,19-/m1/s1. The van der Waals surface area contributed by atoms with Gasteiger partial charge in [0.15, 0.2) is 0 Å². The Hall–Kier alpha value is -2.33. The molecule has 1 aliphatic heterocycles. The smallest absolute Gasteiger partial charge is 0.243 e. The molecular weight excluding hydrogens is 416 g/mol. The summed E-state index contributed by atoms with van der Waals surface area (Å²) in [5, 5.41) is 22.3. The number of carbonyl (C=O) groups excluding carboxylic acids is 2. The van der Waals surface area contributed by atoms with Gasteiger partial charge in [-0.2, -0.15) is 0 Å². The van der Waals surface area contributed by atoms with Crippen molar-refractivity contribution in [2.45, 2.75) is 58.5 Å². The van der Waals surface area contributed by atoms with Crippen LogP contribution in [-0.4, -0.2) is 56.6 Å². The minimum Gasteiger partial charge on any atom is -0.391 e. The van der Waals surface area contributed by atoms with Crippen molar-refractivity contribution in [2.75, 3.05) is 6.54 Å². The van der Waals surface area contributed by atoms with Crippen LogP contribution in [0.3, 0.4) is 0 Å². The minimum atomic E-state index is -0.754. The molecule has 1 saturated heterocycles. The summed E-state index contributed by atoms with van der Waals surface area (Å²) >= 11 is 1.46. The summed E-state index contributed by atoms with van der Waals surface area (Å²) in [6, 6.07) is 6.16. The number of amides is 2. The summed E-state index contributed by atoms with van der Waals surface area (Å²) in [6.45, 7) is 5.91. The van der Waals surface area contributed by atoms with E-state index in [-0.39, 0.29) is 31.4 Å². The van der Waals surface area contributed by atoms with E-state index >= 15 is 0 Å². The van der Waals surface area contributed by atoms with Crippen molar-refractivity contribution in [3.8, 4) is 10.4 Å². The largest absolute Gasteiger partial charge is 0.391 e. The van der Waals surface area contributed by atoms with E-state index in [1.54, 1.807) is 5.51 Å². The van der Waals surface area contributed by atoms with Gasteiger partial charge in [-0.15, -0.1) is 11.3 Å². The van der Waals surface area contributed by atoms with E-state index in [2.05, 4.69) is 10.3 Å². The summed E-state index contributed by atoms with van der Waals surface area (Å²) in [4.78, 5) is 32.1. The van der Waals surface area contributed by atoms with Gasteiger partial charge in [-0.05, 0) is 16.5 Å². The van der Waals surface area contributed by atoms with Gasteiger partial charge in [0, 0.05) is 19.5 Å². The predicted octanol–water partition coefficient (Wildman–Crippen LogP) is 1.25. The Kier molecular flexibility index (Phi) is 7.10. The van der Waals surface area contributed by atoms with Crippen LogP contribution in [0.2, 0.25) is 0 Å². The Morgan fingerprint density at radius 2 is 2.00 bits per heavy atom. The number of thiazole rings is 1. The highest BCUT2D eigenvalue weighted by atomic mass is 32.1. The van der Waals surface area contributed by atoms with Crippen LogP contribution in [0.1, 0.15) is 38.4 Å². The van der Waals surface area contributed by atoms with Gasteiger partial charge < -0.3 is 26.2 Å². The molecule has 1 aromatic heterocycles. The lowest BCUT2D eigenvalue weighted by atomic mass is 9.86. The normalized spacial score (nSPS) is 20.0. The number of aliphatic hydroxyl groups excluding tert-OH is 2. The van der Waals surface area contributed by atoms with Gasteiger partial charge in [-0.1, -0.05) is 45.0 Å². The molecular formula is C22H30N4O4S. The Labute approximate surface area is 186 Å². The quantitative estimate of drug-likeness (QED) is 0.529. The number of hydrogen-bond acceptors (Lipinski definition) is 7. The lowest BCUT2D eigenvalue weighted by molar-refractivity contribution is -0.141. The number of aromatic nitrogens is 1. The molecule has 2 amide bonds. The van der Waals surface area contributed by atoms with Crippen molar-refractivity contribution >= 4 is 23.2 Å². The Morgan fingerprint density at radius 3 is 2.61 bits per heavy atom. The van der Waals surface area contributed by atoms with Crippen LogP contribution in [0.15, 0.2) is 29.8 Å². The average Bonchev–Trinajstić information content (AvgIpc) is 3.37. The third-order valence-electron chi connectivity index (χ3n) is 5.54. The van der Waals surface area contributed by atoms with Crippen molar-refractivity contribution in [3.05, 3.63) is 41.0 Å². The summed E-state index contributed by atoms with van der Waals surface area (Å²) in [7, 11) is 0. The lowest BCUT2D eigenvalue weighted by Gasteiger charge is -2.32. The van der Waals surface area contributed by atoms with E-state index in [1.165, 1.54) is 16.2 Å². The van der Waals surface area contributed by atoms with Gasteiger partial charge in [-0.3, -0.25) is 9.59 Å². The molecule has 0 spiro atoms. The highest BCUT2D eigenvalue weighted by molar-refractivity contribution is 7.13. The van der Waals surface area contributed by atoms with Gasteiger partial charge >= 0.3 is 0 Å². The van der Waals surface area contributed by atoms with Crippen molar-refractivity contribution in [1.82, 2.24) is 15.2 Å². The molecule has 31 heavy (non-hydrogen) atoms. The summed E-state index contributed by atoms with van der Waals surface area (Å²) in [5.41, 5.74) is 9.85. The van der Waals surface area contributed by atoms with Crippen LogP contribution >= 0.6 is 11.3 Å². The number of aliphatic hydroxyl groups is 2. The molecule has 2 heterocycles. The van der Waals surface area contributed by atoms with Crippen LogP contribution in [-0.2, 0) is 22.7 Å². The monoisotopic (exact) mass is 446 g/mol. The van der Waals surface area contributed by atoms with Gasteiger partial charge in [0.25, 0.3) is 0 Å². The van der Waals surface area contributed by atoms with Gasteiger partial charge in [0.1, 0.15) is 6.04 Å². The number of nitrogens with one attached hydrogen (secondary N) is 1. The maximum Gasteiger partial charge on any atom is 0.243 e. The maximum atomic E-state index is 12.8. The number of β-amino-alcohol motifs (C(OH)–C–C–N with tert-alkyl or cyclic N) is 1. The lowest BCUT2D eigenvalue weighted by Crippen LogP contribution is -2.54. The highest BCUT2D eigenvalue weighted by Gasteiger charge is 2.42. The molecule has 168 valence electrons. The van der Waals surface area contributed by atoms with Crippen LogP contribution in [0.5, 0.6) is 0 Å². The van der Waals surface area contributed by atoms with E-state index in [1.807, 2.05) is 45.0 Å². The first-order valence-electron chi connectivity index (χ1n) is 10.3. The topological polar surface area (TPSA) is 129 Å². The zero-order valence-corrected chi connectivity index (χ0v) is 18.9. The van der Waals surface area contributed by atoms with Crippen molar-refractivity contribution in [1.29, 1.82) is 0 Å². The molecule has 0 saturated carbocycles. The molecule has 0 radical (unpaired) electrons. The molecule has 0 aliphatic carbocycles. The molecule has 0 bridgehead atoms. The van der Waals surface area contributed by atoms with Crippen molar-refractivity contribution < 1.29 is 19.8 Å². The molecule has 3 rings (SSSR count). The number of rotatable bonds is 6. The first kappa shape index (κ1) is 23.3. The van der Waals surface area contributed by atoms with E-state index in [0.29, 0.717) is 12.2 Å². The number of nitrogens with two attached hydrogens (primary N) is 1. The first-order chi connectivity index (χ1) is 14.6. The van der Waals surface area contributed by atoms with E-state index < -0.39 is 23.6 Å². The second-order valence-electron chi connectivity index (χ2n) is 8.94. The highest BCUT2D eigenvalue weighted by Crippen LogP contribution is 2.28. The van der Waals surface area contributed by atoms with Crippen LogP contribution < -0.4 is 11.1 Å². The van der Waals surface area contributed by atoms with E-state index in [4.69, 9.17) is 5.73 Å². The molecule has 8 nitrogen and oxygen atoms in total. The molecule has 1 aliphatic rings. The number of nitrogens with zero attached hydrogens (tertiary/aromatic N) is 2. The molecule has 3 atom stereocenters. The van der Waals surface area contributed by atoms with Crippen LogP contribution in [0.25, 0.3) is 10.4 Å². The van der Waals surface area contributed by atoms with Gasteiger partial charge in [0.2, 0.25) is 11.8 Å². The van der Waals surface area contributed by atoms with E-state index in [0.717, 1.165) is 16.0 Å². The first-order valence-corrected chi connectivity index (χ1v) is 11.1. The van der Waals surface area contributed by atoms with Crippen LogP contribution in [0.4, 0.5) is 0 Å². The van der Waals surface area contributed by atoms with Crippen molar-refractivity contribution in [2.24, 2.45) is 11.1 Å². The third kappa shape index (κ3) is 5.30. The fraction of sp³-hybridized carbons (Fsp3) is 0.500. The van der Waals surface area contributed by atoms with Gasteiger partial charge in [0.05, 0.1) is 34.8 Å². The number of hydrogen-bond donors (Lipinski definition) is 4. The summed E-state index contributed by atoms with van der Waals surface area (Å²) in [6.07, 6.45) is -0.547. The number of carbonyl (C=O) groups is 2. The fourth-order valence-electron chi connectivity index (χ4n) is 3.55. The zero-order valence-electron chi connectivity index (χ0n) is 18.0. The second-order valence-corrected chi connectivity index (χ2v) is 9.80. The van der Waals surface area contributed by atoms with Gasteiger partial charge in [-0.25, -0.2) is 4.98 Å². The molecule has 5 N–H and O–H groups in total. The SMILES string of the molecule is CC(C)(C)[C@H](N)C(=O)N1C[C@H](O)C[C@H]1C(=O)NCc1ccc(-c2scnc2CO)cc1. The third-order valence-corrected chi connectivity index (χ3v) is 6.46. The molecule has 2 aromatic rings. The predicted molar refractivity (Wildman–Crippen MR) is 119 cm³/mol. The second kappa shape index (κ2) is 9.44. The Balaban J connectivity index is 1.63. The maximum absolute atomic E-state index is 12.8. The van der Waals surface area contributed by atoms with E-state index in [9.17, 15) is 19.8 Å². The summed E-state index contributed by atoms with van der Waals surface area (Å²) in [5.74, 6) is -0.627. The zero-order chi connectivity index (χ0) is 22.8. The minimum absolute atomic E-state index is 0.109. The van der Waals surface area contributed by atoms with Crippen molar-refractivity contribution in [3.63, 3.8) is 0 Å².